The van der Waals surface area contributed by atoms with Gasteiger partial charge in [-0.15, -0.1) is 0 Å². The summed E-state index contributed by atoms with van der Waals surface area (Å²) in [6.07, 6.45) is 2.82. The highest BCUT2D eigenvalue weighted by molar-refractivity contribution is 5.99. The van der Waals surface area contributed by atoms with Crippen molar-refractivity contribution in [3.8, 4) is 0 Å². The van der Waals surface area contributed by atoms with Crippen molar-refractivity contribution in [2.45, 2.75) is 20.0 Å². The van der Waals surface area contributed by atoms with Crippen molar-refractivity contribution in [3.63, 3.8) is 0 Å². The fourth-order valence-corrected chi connectivity index (χ4v) is 2.66. The van der Waals surface area contributed by atoms with Gasteiger partial charge in [0.1, 0.15) is 5.82 Å². The van der Waals surface area contributed by atoms with Crippen LogP contribution in [-0.2, 0) is 13.1 Å². The molecule has 0 radical (unpaired) electrons. The molecule has 0 fully saturated rings. The third-order valence-electron chi connectivity index (χ3n) is 4.33. The Kier molecular flexibility index (Phi) is 6.11. The number of pyridine rings is 1. The quantitative estimate of drug-likeness (QED) is 0.692. The summed E-state index contributed by atoms with van der Waals surface area (Å²) in [7, 11) is 0. The van der Waals surface area contributed by atoms with E-state index >= 15 is 0 Å². The van der Waals surface area contributed by atoms with Crippen molar-refractivity contribution in [3.05, 3.63) is 101 Å². The predicted molar refractivity (Wildman–Crippen MR) is 104 cm³/mol. The van der Waals surface area contributed by atoms with Crippen LogP contribution in [0.1, 0.15) is 37.4 Å². The number of rotatable bonds is 6. The Balaban J connectivity index is 1.60. The molecule has 142 valence electrons. The first-order valence-corrected chi connectivity index (χ1v) is 8.83. The first kappa shape index (κ1) is 19.2. The maximum Gasteiger partial charge on any atom is 0.253 e. The Morgan fingerprint density at radius 2 is 1.50 bits per heavy atom. The number of hydrogen-bond acceptors (Lipinski definition) is 3. The van der Waals surface area contributed by atoms with Crippen molar-refractivity contribution in [1.29, 1.82) is 0 Å². The molecule has 0 bridgehead atoms. The maximum atomic E-state index is 12.9. The summed E-state index contributed by atoms with van der Waals surface area (Å²) in [6, 6.07) is 15.2. The summed E-state index contributed by atoms with van der Waals surface area (Å²) < 4.78 is 12.9. The minimum absolute atomic E-state index is 0.253. The minimum Gasteiger partial charge on any atom is -0.348 e. The molecule has 2 aromatic carbocycles. The molecule has 6 heteroatoms. The van der Waals surface area contributed by atoms with Crippen LogP contribution in [0.4, 0.5) is 4.39 Å². The zero-order valence-corrected chi connectivity index (χ0v) is 15.4. The number of amides is 2. The molecule has 1 heterocycles. The average Bonchev–Trinajstić information content (AvgIpc) is 2.72. The van der Waals surface area contributed by atoms with Gasteiger partial charge in [0.25, 0.3) is 11.8 Å². The van der Waals surface area contributed by atoms with E-state index in [1.54, 1.807) is 12.1 Å². The second kappa shape index (κ2) is 8.90. The highest BCUT2D eigenvalue weighted by atomic mass is 19.1. The Morgan fingerprint density at radius 3 is 2.14 bits per heavy atom. The van der Waals surface area contributed by atoms with E-state index in [9.17, 15) is 14.0 Å². The van der Waals surface area contributed by atoms with Gasteiger partial charge in [-0.1, -0.05) is 36.4 Å². The van der Waals surface area contributed by atoms with Crippen LogP contribution in [-0.4, -0.2) is 16.8 Å². The molecule has 0 saturated carbocycles. The Morgan fingerprint density at radius 1 is 0.893 bits per heavy atom. The van der Waals surface area contributed by atoms with Gasteiger partial charge in [-0.25, -0.2) is 4.39 Å². The van der Waals surface area contributed by atoms with Crippen LogP contribution in [0.5, 0.6) is 0 Å². The second-order valence-electron chi connectivity index (χ2n) is 6.38. The van der Waals surface area contributed by atoms with Crippen LogP contribution < -0.4 is 10.6 Å². The molecular weight excluding hydrogens is 357 g/mol. The molecule has 5 nitrogen and oxygen atoms in total. The van der Waals surface area contributed by atoms with Gasteiger partial charge in [0.15, 0.2) is 0 Å². The first-order valence-electron chi connectivity index (χ1n) is 8.83. The van der Waals surface area contributed by atoms with E-state index in [1.807, 2.05) is 31.2 Å². The summed E-state index contributed by atoms with van der Waals surface area (Å²) in [4.78, 5) is 28.7. The van der Waals surface area contributed by atoms with Crippen LogP contribution in [0.3, 0.4) is 0 Å². The largest absolute Gasteiger partial charge is 0.348 e. The highest BCUT2D eigenvalue weighted by Crippen LogP contribution is 2.08. The lowest BCUT2D eigenvalue weighted by Gasteiger charge is -2.09. The number of carbonyl (C=O) groups excluding carboxylic acids is 2. The molecule has 3 aromatic rings. The van der Waals surface area contributed by atoms with Crippen LogP contribution in [0.25, 0.3) is 0 Å². The van der Waals surface area contributed by atoms with Crippen molar-refractivity contribution in [2.24, 2.45) is 0 Å². The molecule has 2 N–H and O–H groups in total. The molecule has 0 aliphatic rings. The lowest BCUT2D eigenvalue weighted by atomic mass is 10.1. The molecule has 0 unspecified atom stereocenters. The molecular formula is C22H20FN3O2. The molecule has 0 aliphatic carbocycles. The number of aromatic nitrogens is 1. The summed E-state index contributed by atoms with van der Waals surface area (Å²) in [5.74, 6) is -0.988. The van der Waals surface area contributed by atoms with Crippen molar-refractivity contribution in [2.75, 3.05) is 0 Å². The van der Waals surface area contributed by atoms with Crippen molar-refractivity contribution in [1.82, 2.24) is 15.6 Å². The molecule has 0 saturated heterocycles. The Labute approximate surface area is 162 Å². The average molecular weight is 377 g/mol. The number of aryl methyl sites for hydroxylation is 1. The monoisotopic (exact) mass is 377 g/mol. The third-order valence-corrected chi connectivity index (χ3v) is 4.33. The second-order valence-corrected chi connectivity index (χ2v) is 6.38. The number of carbonyl (C=O) groups is 2. The molecule has 0 aliphatic heterocycles. The normalized spacial score (nSPS) is 10.4. The van der Waals surface area contributed by atoms with Crippen LogP contribution in [0.15, 0.2) is 67.0 Å². The van der Waals surface area contributed by atoms with Gasteiger partial charge in [-0.3, -0.25) is 14.6 Å². The molecule has 0 atom stereocenters. The van der Waals surface area contributed by atoms with Crippen molar-refractivity contribution >= 4 is 11.8 Å². The van der Waals surface area contributed by atoms with E-state index in [4.69, 9.17) is 0 Å². The van der Waals surface area contributed by atoms with Crippen LogP contribution in [0, 0.1) is 12.7 Å². The molecule has 0 spiro atoms. The van der Waals surface area contributed by atoms with Gasteiger partial charge in [0.2, 0.25) is 0 Å². The molecule has 28 heavy (non-hydrogen) atoms. The van der Waals surface area contributed by atoms with E-state index in [1.165, 1.54) is 30.6 Å². The fraction of sp³-hybridized carbons (Fsp3) is 0.136. The number of benzene rings is 2. The highest BCUT2D eigenvalue weighted by Gasteiger charge is 2.11. The number of nitrogens with one attached hydrogen (secondary N) is 2. The maximum absolute atomic E-state index is 12.9. The summed E-state index contributed by atoms with van der Waals surface area (Å²) >= 11 is 0. The van der Waals surface area contributed by atoms with Gasteiger partial charge in [0.05, 0.1) is 11.1 Å². The van der Waals surface area contributed by atoms with Crippen LogP contribution >= 0.6 is 0 Å². The van der Waals surface area contributed by atoms with Gasteiger partial charge in [-0.2, -0.15) is 0 Å². The zero-order valence-electron chi connectivity index (χ0n) is 15.4. The van der Waals surface area contributed by atoms with Crippen molar-refractivity contribution < 1.29 is 14.0 Å². The number of nitrogens with zero attached hydrogens (tertiary/aromatic N) is 1. The summed E-state index contributed by atoms with van der Waals surface area (Å²) in [5, 5.41) is 5.57. The van der Waals surface area contributed by atoms with E-state index in [-0.39, 0.29) is 29.7 Å². The standard InChI is InChI=1S/C22H20FN3O2/c1-15-4-2-3-5-17(15)14-26-22(28)19-10-18(12-24-13-19)21(27)25-11-16-6-8-20(23)9-7-16/h2-10,12-13H,11,14H2,1H3,(H,25,27)(H,26,28). The molecule has 3 rings (SSSR count). The van der Waals surface area contributed by atoms with Gasteiger partial charge >= 0.3 is 0 Å². The number of halogens is 1. The van der Waals surface area contributed by atoms with E-state index in [2.05, 4.69) is 15.6 Å². The minimum atomic E-state index is -0.356. The lowest BCUT2D eigenvalue weighted by molar-refractivity contribution is 0.0950. The Bertz CT molecular complexity index is 987. The fourth-order valence-electron chi connectivity index (χ4n) is 2.66. The topological polar surface area (TPSA) is 71.1 Å². The first-order chi connectivity index (χ1) is 13.5. The zero-order chi connectivity index (χ0) is 19.9. The smallest absolute Gasteiger partial charge is 0.253 e. The number of hydrogen-bond donors (Lipinski definition) is 2. The summed E-state index contributed by atoms with van der Waals surface area (Å²) in [5.41, 5.74) is 3.48. The third kappa shape index (κ3) is 5.01. The van der Waals surface area contributed by atoms with E-state index in [0.717, 1.165) is 16.7 Å². The predicted octanol–water partition coefficient (Wildman–Crippen LogP) is 3.39. The SMILES string of the molecule is Cc1ccccc1CNC(=O)c1cncc(C(=O)NCc2ccc(F)cc2)c1. The Hall–Kier alpha value is -3.54. The lowest BCUT2D eigenvalue weighted by Crippen LogP contribution is -2.26. The van der Waals surface area contributed by atoms with E-state index in [0.29, 0.717) is 12.1 Å². The van der Waals surface area contributed by atoms with E-state index < -0.39 is 0 Å². The molecule has 2 amide bonds. The van der Waals surface area contributed by atoms with Gasteiger partial charge < -0.3 is 10.6 Å². The van der Waals surface area contributed by atoms with Crippen LogP contribution in [0.2, 0.25) is 0 Å². The molecule has 1 aromatic heterocycles. The van der Waals surface area contributed by atoms with Gasteiger partial charge in [0, 0.05) is 25.5 Å². The summed E-state index contributed by atoms with van der Waals surface area (Å²) in [6.45, 7) is 2.63. The van der Waals surface area contributed by atoms with Gasteiger partial charge in [-0.05, 0) is 41.8 Å².